The van der Waals surface area contributed by atoms with E-state index in [2.05, 4.69) is 9.88 Å². The van der Waals surface area contributed by atoms with E-state index in [0.29, 0.717) is 12.1 Å². The Balaban J connectivity index is 2.34. The summed E-state index contributed by atoms with van der Waals surface area (Å²) in [6.07, 6.45) is 0. The second-order valence-electron chi connectivity index (χ2n) is 4.59. The molecular weight excluding hydrogens is 228 g/mol. The van der Waals surface area contributed by atoms with Gasteiger partial charge in [-0.3, -0.25) is 0 Å². The molecule has 0 saturated heterocycles. The third-order valence-corrected chi connectivity index (χ3v) is 2.70. The van der Waals surface area contributed by atoms with Crippen LogP contribution < -0.4 is 4.74 Å². The number of hydrogen-bond donors (Lipinski definition) is 1. The van der Waals surface area contributed by atoms with Gasteiger partial charge in [0.2, 0.25) is 0 Å². The highest BCUT2D eigenvalue weighted by atomic mass is 16.5. The molecule has 0 radical (unpaired) electrons. The summed E-state index contributed by atoms with van der Waals surface area (Å²) in [6.45, 7) is 3.35. The Bertz CT molecular complexity index is 553. The summed E-state index contributed by atoms with van der Waals surface area (Å²) in [4.78, 5) is 6.40. The molecule has 0 bridgehead atoms. The highest BCUT2D eigenvalue weighted by molar-refractivity contribution is 5.89. The number of pyridine rings is 1. The molecule has 0 saturated carbocycles. The molecule has 0 amide bonds. The third kappa shape index (κ3) is 2.71. The van der Waals surface area contributed by atoms with E-state index in [9.17, 15) is 5.11 Å². The van der Waals surface area contributed by atoms with Crippen LogP contribution in [0.4, 0.5) is 0 Å². The van der Waals surface area contributed by atoms with E-state index >= 15 is 0 Å². The van der Waals surface area contributed by atoms with Crippen molar-refractivity contribution < 1.29 is 9.84 Å². The van der Waals surface area contributed by atoms with Crippen molar-refractivity contribution in [1.29, 1.82) is 0 Å². The molecule has 0 spiro atoms. The standard InChI is InChI=1S/C14H18N2O2/c1-10-9-13(18-8-7-16(2)3)11-5-4-6-12(17)14(11)15-10/h4-6,9,17H,7-8H2,1-3H3. The molecule has 4 heteroatoms. The molecule has 2 rings (SSSR count). The fraction of sp³-hybridized carbons (Fsp3) is 0.357. The van der Waals surface area contributed by atoms with Gasteiger partial charge >= 0.3 is 0 Å². The number of phenols is 1. The Kier molecular flexibility index (Phi) is 3.67. The average Bonchev–Trinajstić information content (AvgIpc) is 2.30. The number of benzene rings is 1. The smallest absolute Gasteiger partial charge is 0.141 e. The van der Waals surface area contributed by atoms with E-state index < -0.39 is 0 Å². The molecule has 2 aromatic rings. The zero-order valence-corrected chi connectivity index (χ0v) is 11.0. The highest BCUT2D eigenvalue weighted by Gasteiger charge is 2.08. The molecule has 0 unspecified atom stereocenters. The van der Waals surface area contributed by atoms with Crippen molar-refractivity contribution in [1.82, 2.24) is 9.88 Å². The van der Waals surface area contributed by atoms with E-state index in [1.54, 1.807) is 12.1 Å². The number of ether oxygens (including phenoxy) is 1. The van der Waals surface area contributed by atoms with E-state index in [1.807, 2.05) is 33.2 Å². The first-order valence-electron chi connectivity index (χ1n) is 5.95. The molecule has 0 aliphatic rings. The van der Waals surface area contributed by atoms with Crippen molar-refractivity contribution in [3.05, 3.63) is 30.0 Å². The van der Waals surface area contributed by atoms with Crippen LogP contribution in [-0.4, -0.2) is 42.2 Å². The van der Waals surface area contributed by atoms with Crippen LogP contribution in [0.3, 0.4) is 0 Å². The molecule has 1 aromatic heterocycles. The number of aromatic nitrogens is 1. The molecular formula is C14H18N2O2. The van der Waals surface area contributed by atoms with Crippen LogP contribution in [0.5, 0.6) is 11.5 Å². The molecule has 0 aliphatic heterocycles. The molecule has 4 nitrogen and oxygen atoms in total. The number of para-hydroxylation sites is 1. The lowest BCUT2D eigenvalue weighted by Gasteiger charge is -2.13. The van der Waals surface area contributed by atoms with Crippen LogP contribution in [-0.2, 0) is 0 Å². The van der Waals surface area contributed by atoms with Gasteiger partial charge in [0, 0.05) is 23.7 Å². The molecule has 96 valence electrons. The normalized spacial score (nSPS) is 11.1. The van der Waals surface area contributed by atoms with Gasteiger partial charge in [-0.15, -0.1) is 0 Å². The summed E-state index contributed by atoms with van der Waals surface area (Å²) in [5.74, 6) is 0.962. The summed E-state index contributed by atoms with van der Waals surface area (Å²) in [5, 5.41) is 10.7. The van der Waals surface area contributed by atoms with E-state index in [1.165, 1.54) is 0 Å². The average molecular weight is 246 g/mol. The lowest BCUT2D eigenvalue weighted by atomic mass is 10.1. The zero-order valence-electron chi connectivity index (χ0n) is 11.0. The SMILES string of the molecule is Cc1cc(OCCN(C)C)c2cccc(O)c2n1. The number of rotatable bonds is 4. The molecule has 0 aliphatic carbocycles. The van der Waals surface area contributed by atoms with Gasteiger partial charge in [0.05, 0.1) is 0 Å². The first kappa shape index (κ1) is 12.6. The number of phenolic OH excluding ortho intramolecular Hbond substituents is 1. The van der Waals surface area contributed by atoms with Gasteiger partial charge in [0.25, 0.3) is 0 Å². The largest absolute Gasteiger partial charge is 0.506 e. The highest BCUT2D eigenvalue weighted by Crippen LogP contribution is 2.30. The number of aryl methyl sites for hydroxylation is 1. The summed E-state index contributed by atoms with van der Waals surface area (Å²) in [5.41, 5.74) is 1.43. The van der Waals surface area contributed by atoms with Crippen molar-refractivity contribution in [2.45, 2.75) is 6.92 Å². The molecule has 1 heterocycles. The minimum Gasteiger partial charge on any atom is -0.506 e. The van der Waals surface area contributed by atoms with Crippen LogP contribution >= 0.6 is 0 Å². The Labute approximate surface area is 107 Å². The topological polar surface area (TPSA) is 45.6 Å². The van der Waals surface area contributed by atoms with E-state index in [4.69, 9.17) is 4.74 Å². The van der Waals surface area contributed by atoms with Gasteiger partial charge in [-0.2, -0.15) is 0 Å². The van der Waals surface area contributed by atoms with E-state index in [-0.39, 0.29) is 5.75 Å². The van der Waals surface area contributed by atoms with Crippen molar-refractivity contribution in [2.75, 3.05) is 27.2 Å². The van der Waals surface area contributed by atoms with E-state index in [0.717, 1.165) is 23.4 Å². The Morgan fingerprint density at radius 2 is 2.11 bits per heavy atom. The van der Waals surface area contributed by atoms with Gasteiger partial charge in [-0.05, 0) is 33.2 Å². The van der Waals surface area contributed by atoms with Gasteiger partial charge in [0.15, 0.2) is 0 Å². The molecule has 1 N–H and O–H groups in total. The fourth-order valence-electron chi connectivity index (χ4n) is 1.78. The molecule has 18 heavy (non-hydrogen) atoms. The van der Waals surface area contributed by atoms with Gasteiger partial charge in [0.1, 0.15) is 23.6 Å². The Hall–Kier alpha value is -1.81. The van der Waals surface area contributed by atoms with Crippen LogP contribution in [0.2, 0.25) is 0 Å². The minimum atomic E-state index is 0.189. The van der Waals surface area contributed by atoms with Crippen LogP contribution in [0.1, 0.15) is 5.69 Å². The lowest BCUT2D eigenvalue weighted by molar-refractivity contribution is 0.263. The molecule has 0 fully saturated rings. The summed E-state index contributed by atoms with van der Waals surface area (Å²) in [7, 11) is 4.01. The summed E-state index contributed by atoms with van der Waals surface area (Å²) < 4.78 is 5.77. The first-order chi connectivity index (χ1) is 8.58. The predicted molar refractivity (Wildman–Crippen MR) is 72.2 cm³/mol. The van der Waals surface area contributed by atoms with Gasteiger partial charge in [-0.1, -0.05) is 6.07 Å². The van der Waals surface area contributed by atoms with Crippen molar-refractivity contribution in [3.63, 3.8) is 0 Å². The summed E-state index contributed by atoms with van der Waals surface area (Å²) in [6, 6.07) is 7.25. The Morgan fingerprint density at radius 3 is 2.83 bits per heavy atom. The molecule has 0 atom stereocenters. The fourth-order valence-corrected chi connectivity index (χ4v) is 1.78. The Morgan fingerprint density at radius 1 is 1.33 bits per heavy atom. The number of nitrogens with zero attached hydrogens (tertiary/aromatic N) is 2. The maximum Gasteiger partial charge on any atom is 0.141 e. The van der Waals surface area contributed by atoms with Crippen LogP contribution in [0.25, 0.3) is 10.9 Å². The maximum absolute atomic E-state index is 9.81. The monoisotopic (exact) mass is 246 g/mol. The van der Waals surface area contributed by atoms with Crippen molar-refractivity contribution in [2.24, 2.45) is 0 Å². The third-order valence-electron chi connectivity index (χ3n) is 2.70. The van der Waals surface area contributed by atoms with Crippen LogP contribution in [0.15, 0.2) is 24.3 Å². The van der Waals surface area contributed by atoms with Gasteiger partial charge in [-0.25, -0.2) is 4.98 Å². The number of fused-ring (bicyclic) bond motifs is 1. The van der Waals surface area contributed by atoms with Crippen molar-refractivity contribution in [3.8, 4) is 11.5 Å². The maximum atomic E-state index is 9.81. The second kappa shape index (κ2) is 5.23. The first-order valence-corrected chi connectivity index (χ1v) is 5.95. The van der Waals surface area contributed by atoms with Crippen molar-refractivity contribution >= 4 is 10.9 Å². The number of hydrogen-bond acceptors (Lipinski definition) is 4. The molecule has 1 aromatic carbocycles. The summed E-state index contributed by atoms with van der Waals surface area (Å²) >= 11 is 0. The number of aromatic hydroxyl groups is 1. The number of likely N-dealkylation sites (N-methyl/N-ethyl adjacent to an activating group) is 1. The quantitative estimate of drug-likeness (QED) is 0.898. The van der Waals surface area contributed by atoms with Crippen LogP contribution in [0, 0.1) is 6.92 Å². The second-order valence-corrected chi connectivity index (χ2v) is 4.59. The van der Waals surface area contributed by atoms with Gasteiger partial charge < -0.3 is 14.7 Å². The minimum absolute atomic E-state index is 0.189. The zero-order chi connectivity index (χ0) is 13.1. The lowest BCUT2D eigenvalue weighted by Crippen LogP contribution is -2.19. The predicted octanol–water partition coefficient (Wildman–Crippen LogP) is 2.19.